The molecule has 0 bridgehead atoms. The highest BCUT2D eigenvalue weighted by Crippen LogP contribution is 2.54. The Morgan fingerprint density at radius 3 is 2.61 bits per heavy atom. The average Bonchev–Trinajstić information content (AvgIpc) is 3.35. The number of benzene rings is 2. The quantitative estimate of drug-likeness (QED) is 0.580. The fourth-order valence-corrected chi connectivity index (χ4v) is 5.59. The summed E-state index contributed by atoms with van der Waals surface area (Å²) in [6.45, 7) is 1.87. The van der Waals surface area contributed by atoms with Crippen LogP contribution in [0.15, 0.2) is 42.5 Å². The van der Waals surface area contributed by atoms with Crippen LogP contribution in [0.1, 0.15) is 23.1 Å². The van der Waals surface area contributed by atoms with Crippen LogP contribution in [0.25, 0.3) is 0 Å². The molecule has 170 valence electrons. The van der Waals surface area contributed by atoms with Gasteiger partial charge in [-0.3, -0.25) is 29.4 Å². The molecule has 4 amide bonds. The average molecular weight is 448 g/mol. The molecule has 0 aliphatic carbocycles. The Morgan fingerprint density at radius 1 is 1.12 bits per heavy atom. The van der Waals surface area contributed by atoms with Crippen molar-refractivity contribution < 1.29 is 23.9 Å². The minimum absolute atomic E-state index is 0.0103. The van der Waals surface area contributed by atoms with Crippen LogP contribution in [0, 0.1) is 18.8 Å². The zero-order valence-electron chi connectivity index (χ0n) is 18.3. The molecule has 33 heavy (non-hydrogen) atoms. The van der Waals surface area contributed by atoms with E-state index in [1.807, 2.05) is 19.1 Å². The number of nitrogens with zero attached hydrogens (tertiary/aromatic N) is 1. The number of nitrogens with one attached hydrogen (secondary N) is 2. The third-order valence-corrected chi connectivity index (χ3v) is 6.99. The van der Waals surface area contributed by atoms with Gasteiger partial charge in [0.05, 0.1) is 25.5 Å². The monoisotopic (exact) mass is 448 g/mol. The molecule has 0 unspecified atom stereocenters. The number of hydrogen-bond donors (Lipinski definition) is 3. The molecule has 0 radical (unpaired) electrons. The second-order valence-corrected chi connectivity index (χ2v) is 8.76. The van der Waals surface area contributed by atoms with Crippen molar-refractivity contribution in [2.45, 2.75) is 31.5 Å². The second-order valence-electron chi connectivity index (χ2n) is 8.76. The summed E-state index contributed by atoms with van der Waals surface area (Å²) in [6.07, 6.45) is -0.168. The molecule has 0 saturated carbocycles. The molecule has 2 saturated heterocycles. The third kappa shape index (κ3) is 2.88. The topological polar surface area (TPSA) is 131 Å². The first-order chi connectivity index (χ1) is 15.8. The van der Waals surface area contributed by atoms with E-state index >= 15 is 0 Å². The number of nitrogens with two attached hydrogens (primary N) is 1. The van der Waals surface area contributed by atoms with Crippen molar-refractivity contribution in [1.29, 1.82) is 0 Å². The van der Waals surface area contributed by atoms with Crippen LogP contribution >= 0.6 is 0 Å². The molecule has 3 aliphatic heterocycles. The first-order valence-corrected chi connectivity index (χ1v) is 10.7. The number of amides is 4. The lowest BCUT2D eigenvalue weighted by molar-refractivity contribution is -0.143. The Hall–Kier alpha value is -3.72. The van der Waals surface area contributed by atoms with Gasteiger partial charge in [-0.15, -0.1) is 0 Å². The van der Waals surface area contributed by atoms with Gasteiger partial charge < -0.3 is 15.8 Å². The molecule has 3 heterocycles. The van der Waals surface area contributed by atoms with Crippen LogP contribution in [0.2, 0.25) is 0 Å². The van der Waals surface area contributed by atoms with Crippen molar-refractivity contribution in [3.8, 4) is 5.75 Å². The molecule has 4 N–H and O–H groups in total. The van der Waals surface area contributed by atoms with Gasteiger partial charge in [0.25, 0.3) is 0 Å². The van der Waals surface area contributed by atoms with E-state index in [4.69, 9.17) is 10.5 Å². The number of likely N-dealkylation sites (tertiary alicyclic amines) is 1. The number of anilines is 1. The van der Waals surface area contributed by atoms with Crippen LogP contribution in [0.3, 0.4) is 0 Å². The maximum Gasteiger partial charge on any atom is 0.250 e. The number of methoxy groups -OCH3 is 1. The van der Waals surface area contributed by atoms with Crippen LogP contribution in [-0.4, -0.2) is 41.7 Å². The van der Waals surface area contributed by atoms with E-state index in [9.17, 15) is 19.2 Å². The molecule has 2 aromatic rings. The van der Waals surface area contributed by atoms with Gasteiger partial charge in [0, 0.05) is 29.3 Å². The summed E-state index contributed by atoms with van der Waals surface area (Å²) in [5.41, 5.74) is 6.76. The standard InChI is InChI=1S/C24H24N4O5/c1-12-6-5-8-14-20(12)26-23(32)24(14)19-18(15(27-24)10-17(25)29)21(30)28(22(19)31)11-13-7-3-4-9-16(13)33-2/h3-9,15,18-19,27H,10-11H2,1-2H3,(H2,25,29)(H,26,32)/t15-,18-,19-,24+/m1/s1. The van der Waals surface area contributed by atoms with E-state index in [2.05, 4.69) is 10.6 Å². The highest BCUT2D eigenvalue weighted by atomic mass is 16.5. The predicted molar refractivity (Wildman–Crippen MR) is 118 cm³/mol. The zero-order chi connectivity index (χ0) is 23.5. The van der Waals surface area contributed by atoms with Crippen LogP contribution in [0.4, 0.5) is 5.69 Å². The van der Waals surface area contributed by atoms with Crippen molar-refractivity contribution in [2.75, 3.05) is 12.4 Å². The summed E-state index contributed by atoms with van der Waals surface area (Å²) in [5, 5.41) is 6.08. The minimum atomic E-state index is -1.45. The Kier molecular flexibility index (Phi) is 4.75. The van der Waals surface area contributed by atoms with Crippen LogP contribution in [0.5, 0.6) is 5.75 Å². The van der Waals surface area contributed by atoms with E-state index in [0.29, 0.717) is 22.6 Å². The summed E-state index contributed by atoms with van der Waals surface area (Å²) in [6, 6.07) is 11.8. The van der Waals surface area contributed by atoms with Gasteiger partial charge in [-0.25, -0.2) is 0 Å². The number of aryl methyl sites for hydroxylation is 1. The number of carbonyl (C=O) groups excluding carboxylic acids is 4. The maximum atomic E-state index is 13.8. The summed E-state index contributed by atoms with van der Waals surface area (Å²) in [4.78, 5) is 53.7. The Morgan fingerprint density at radius 2 is 1.88 bits per heavy atom. The van der Waals surface area contributed by atoms with Crippen LogP contribution in [-0.2, 0) is 31.3 Å². The van der Waals surface area contributed by atoms with Crippen molar-refractivity contribution in [1.82, 2.24) is 10.2 Å². The third-order valence-electron chi connectivity index (χ3n) is 6.99. The summed E-state index contributed by atoms with van der Waals surface area (Å²) in [7, 11) is 1.52. The number of imide groups is 1. The van der Waals surface area contributed by atoms with Gasteiger partial charge in [-0.1, -0.05) is 36.4 Å². The smallest absolute Gasteiger partial charge is 0.250 e. The normalized spacial score (nSPS) is 27.6. The van der Waals surface area contributed by atoms with Gasteiger partial charge in [0.1, 0.15) is 11.3 Å². The lowest BCUT2D eigenvalue weighted by atomic mass is 9.76. The number of rotatable bonds is 5. The van der Waals surface area contributed by atoms with Crippen molar-refractivity contribution in [2.24, 2.45) is 17.6 Å². The number of hydrogen-bond acceptors (Lipinski definition) is 6. The molecule has 3 aliphatic rings. The number of para-hydroxylation sites is 2. The zero-order valence-corrected chi connectivity index (χ0v) is 18.3. The van der Waals surface area contributed by atoms with Gasteiger partial charge in [0.2, 0.25) is 23.6 Å². The fraction of sp³-hybridized carbons (Fsp3) is 0.333. The van der Waals surface area contributed by atoms with Gasteiger partial charge in [-0.2, -0.15) is 0 Å². The molecular weight excluding hydrogens is 424 g/mol. The van der Waals surface area contributed by atoms with Crippen molar-refractivity contribution >= 4 is 29.3 Å². The fourth-order valence-electron chi connectivity index (χ4n) is 5.59. The second kappa shape index (κ2) is 7.41. The Labute approximate surface area is 190 Å². The van der Waals surface area contributed by atoms with E-state index in [0.717, 1.165) is 5.56 Å². The highest BCUT2D eigenvalue weighted by Gasteiger charge is 2.70. The Bertz CT molecular complexity index is 1210. The maximum absolute atomic E-state index is 13.8. The summed E-state index contributed by atoms with van der Waals surface area (Å²) >= 11 is 0. The molecule has 9 nitrogen and oxygen atoms in total. The van der Waals surface area contributed by atoms with E-state index in [-0.39, 0.29) is 13.0 Å². The molecule has 2 aromatic carbocycles. The predicted octanol–water partition coefficient (Wildman–Crippen LogP) is 0.800. The van der Waals surface area contributed by atoms with E-state index in [1.54, 1.807) is 30.3 Å². The van der Waals surface area contributed by atoms with E-state index in [1.165, 1.54) is 12.0 Å². The number of carbonyl (C=O) groups is 4. The number of fused-ring (bicyclic) bond motifs is 4. The minimum Gasteiger partial charge on any atom is -0.496 e. The largest absolute Gasteiger partial charge is 0.496 e. The summed E-state index contributed by atoms with van der Waals surface area (Å²) < 4.78 is 5.38. The van der Waals surface area contributed by atoms with Crippen LogP contribution < -0.4 is 21.1 Å². The van der Waals surface area contributed by atoms with Crippen molar-refractivity contribution in [3.05, 3.63) is 59.2 Å². The van der Waals surface area contributed by atoms with Gasteiger partial charge >= 0.3 is 0 Å². The first kappa shape index (κ1) is 21.1. The highest BCUT2D eigenvalue weighted by molar-refractivity contribution is 6.15. The SMILES string of the molecule is COc1ccccc1CN1C(=O)[C@@H]2[C@@H](CC(N)=O)N[C@]3(C(=O)Nc4c(C)cccc43)[C@H]2C1=O. The lowest BCUT2D eigenvalue weighted by Crippen LogP contribution is -2.53. The molecule has 5 rings (SSSR count). The molecular formula is C24H24N4O5. The van der Waals surface area contributed by atoms with Gasteiger partial charge in [-0.05, 0) is 18.6 Å². The lowest BCUT2D eigenvalue weighted by Gasteiger charge is -2.29. The molecule has 0 aromatic heterocycles. The molecule has 1 spiro atoms. The van der Waals surface area contributed by atoms with Crippen molar-refractivity contribution in [3.63, 3.8) is 0 Å². The van der Waals surface area contributed by atoms with E-state index < -0.39 is 47.0 Å². The Balaban J connectivity index is 1.61. The molecule has 4 atom stereocenters. The first-order valence-electron chi connectivity index (χ1n) is 10.7. The molecule has 2 fully saturated rings. The molecule has 9 heteroatoms. The number of ether oxygens (including phenoxy) is 1. The summed E-state index contributed by atoms with van der Waals surface area (Å²) in [5.74, 6) is -3.25. The number of primary amides is 1. The van der Waals surface area contributed by atoms with Gasteiger partial charge in [0.15, 0.2) is 0 Å².